The van der Waals surface area contributed by atoms with Crippen molar-refractivity contribution in [1.29, 1.82) is 0 Å². The zero-order valence-corrected chi connectivity index (χ0v) is 11.5. The van der Waals surface area contributed by atoms with Gasteiger partial charge < -0.3 is 5.32 Å². The van der Waals surface area contributed by atoms with E-state index in [1.807, 2.05) is 31.2 Å². The number of nitrogens with one attached hydrogen (secondary N) is 1. The van der Waals surface area contributed by atoms with Gasteiger partial charge in [-0.25, -0.2) is 0 Å². The van der Waals surface area contributed by atoms with Crippen LogP contribution in [0.25, 0.3) is 0 Å². The number of amides is 1. The predicted octanol–water partition coefficient (Wildman–Crippen LogP) is 3.13. The van der Waals surface area contributed by atoms with Gasteiger partial charge >= 0.3 is 0 Å². The molecule has 1 aromatic rings. The van der Waals surface area contributed by atoms with Crippen LogP contribution in [0, 0.1) is 0 Å². The Bertz CT molecular complexity index is 339. The van der Waals surface area contributed by atoms with Crippen molar-refractivity contribution in [3.8, 4) is 0 Å². The van der Waals surface area contributed by atoms with Gasteiger partial charge in [0, 0.05) is 22.8 Å². The summed E-state index contributed by atoms with van der Waals surface area (Å²) >= 11 is 8.88. The van der Waals surface area contributed by atoms with Crippen LogP contribution >= 0.6 is 27.5 Å². The Morgan fingerprint density at radius 2 is 2.06 bits per heavy atom. The highest BCUT2D eigenvalue weighted by atomic mass is 79.9. The Morgan fingerprint density at radius 1 is 1.44 bits per heavy atom. The third kappa shape index (κ3) is 4.99. The van der Waals surface area contributed by atoms with Crippen LogP contribution in [0.15, 0.2) is 28.7 Å². The summed E-state index contributed by atoms with van der Waals surface area (Å²) in [6, 6.07) is 8.24. The molecule has 0 aliphatic rings. The summed E-state index contributed by atoms with van der Waals surface area (Å²) in [5.74, 6) is 0.385. The molecule has 2 nitrogen and oxygen atoms in total. The first kappa shape index (κ1) is 13.5. The molecule has 0 bridgehead atoms. The second kappa shape index (κ2) is 6.92. The van der Waals surface area contributed by atoms with Gasteiger partial charge in [0.1, 0.15) is 0 Å². The van der Waals surface area contributed by atoms with Crippen LogP contribution in [-0.4, -0.2) is 17.8 Å². The second-order valence-corrected chi connectivity index (χ2v) is 5.03. The number of rotatable bonds is 5. The number of carbonyl (C=O) groups is 1. The number of benzene rings is 1. The van der Waals surface area contributed by atoms with E-state index in [1.54, 1.807) is 0 Å². The van der Waals surface area contributed by atoms with Gasteiger partial charge in [0.2, 0.25) is 5.91 Å². The predicted molar refractivity (Wildman–Crippen MR) is 70.8 cm³/mol. The van der Waals surface area contributed by atoms with E-state index in [2.05, 4.69) is 21.2 Å². The summed E-state index contributed by atoms with van der Waals surface area (Å²) in [6.45, 7) is 1.99. The first-order valence-corrected chi connectivity index (χ1v) is 6.54. The molecule has 1 amide bonds. The summed E-state index contributed by atoms with van der Waals surface area (Å²) in [5.41, 5.74) is 1.21. The average molecular weight is 305 g/mol. The lowest BCUT2D eigenvalue weighted by atomic mass is 10.1. The highest BCUT2D eigenvalue weighted by Gasteiger charge is 2.07. The standard InChI is InChI=1S/C12H15BrClNO/c1-9(15-12(16)6-7-14)8-10-2-4-11(13)5-3-10/h2-5,9H,6-8H2,1H3,(H,15,16). The van der Waals surface area contributed by atoms with Gasteiger partial charge in [-0.3, -0.25) is 4.79 Å². The van der Waals surface area contributed by atoms with Gasteiger partial charge in [-0.1, -0.05) is 28.1 Å². The minimum absolute atomic E-state index is 0.0135. The van der Waals surface area contributed by atoms with E-state index in [1.165, 1.54) is 5.56 Å². The Balaban J connectivity index is 2.42. The van der Waals surface area contributed by atoms with E-state index in [0.29, 0.717) is 12.3 Å². The molecule has 16 heavy (non-hydrogen) atoms. The summed E-state index contributed by atoms with van der Waals surface area (Å²) in [4.78, 5) is 11.3. The minimum Gasteiger partial charge on any atom is -0.353 e. The average Bonchev–Trinajstić information content (AvgIpc) is 2.21. The molecule has 1 N–H and O–H groups in total. The number of carbonyl (C=O) groups excluding carboxylic acids is 1. The molecule has 0 fully saturated rings. The molecule has 88 valence electrons. The molecular formula is C12H15BrClNO. The van der Waals surface area contributed by atoms with Crippen LogP contribution in [0.3, 0.4) is 0 Å². The van der Waals surface area contributed by atoms with Crippen molar-refractivity contribution in [1.82, 2.24) is 5.32 Å². The Morgan fingerprint density at radius 3 is 2.62 bits per heavy atom. The van der Waals surface area contributed by atoms with Gasteiger partial charge in [-0.2, -0.15) is 0 Å². The fourth-order valence-electron chi connectivity index (χ4n) is 1.46. The zero-order chi connectivity index (χ0) is 12.0. The van der Waals surface area contributed by atoms with Crippen molar-refractivity contribution < 1.29 is 4.79 Å². The van der Waals surface area contributed by atoms with Crippen LogP contribution in [-0.2, 0) is 11.2 Å². The maximum Gasteiger partial charge on any atom is 0.221 e. The Labute approximate surface area is 110 Å². The van der Waals surface area contributed by atoms with Gasteiger partial charge in [-0.15, -0.1) is 11.6 Å². The van der Waals surface area contributed by atoms with Crippen molar-refractivity contribution in [3.05, 3.63) is 34.3 Å². The summed E-state index contributed by atoms with van der Waals surface area (Å²) in [7, 11) is 0. The molecule has 0 spiro atoms. The lowest BCUT2D eigenvalue weighted by molar-refractivity contribution is -0.121. The quantitative estimate of drug-likeness (QED) is 0.832. The number of halogens is 2. The molecular weight excluding hydrogens is 289 g/mol. The summed E-state index contributed by atoms with van der Waals surface area (Å²) in [5, 5.41) is 2.91. The van der Waals surface area contributed by atoms with Crippen molar-refractivity contribution in [2.24, 2.45) is 0 Å². The Kier molecular flexibility index (Phi) is 5.85. The molecule has 1 atom stereocenters. The van der Waals surface area contributed by atoms with E-state index < -0.39 is 0 Å². The van der Waals surface area contributed by atoms with E-state index >= 15 is 0 Å². The molecule has 1 unspecified atom stereocenters. The molecule has 0 saturated heterocycles. The highest BCUT2D eigenvalue weighted by Crippen LogP contribution is 2.11. The zero-order valence-electron chi connectivity index (χ0n) is 9.17. The maximum atomic E-state index is 11.3. The summed E-state index contributed by atoms with van der Waals surface area (Å²) < 4.78 is 1.06. The van der Waals surface area contributed by atoms with E-state index in [0.717, 1.165) is 10.9 Å². The van der Waals surface area contributed by atoms with Crippen molar-refractivity contribution in [2.75, 3.05) is 5.88 Å². The van der Waals surface area contributed by atoms with Crippen molar-refractivity contribution in [3.63, 3.8) is 0 Å². The normalized spacial score (nSPS) is 12.2. The third-order valence-corrected chi connectivity index (χ3v) is 2.90. The largest absolute Gasteiger partial charge is 0.353 e. The lowest BCUT2D eigenvalue weighted by Gasteiger charge is -2.13. The molecule has 0 heterocycles. The smallest absolute Gasteiger partial charge is 0.221 e. The maximum absolute atomic E-state index is 11.3. The number of hydrogen-bond donors (Lipinski definition) is 1. The molecule has 0 saturated carbocycles. The molecule has 1 aromatic carbocycles. The van der Waals surface area contributed by atoms with Gasteiger partial charge in [-0.05, 0) is 31.0 Å². The van der Waals surface area contributed by atoms with E-state index in [9.17, 15) is 4.79 Å². The molecule has 0 radical (unpaired) electrons. The van der Waals surface area contributed by atoms with Crippen molar-refractivity contribution in [2.45, 2.75) is 25.8 Å². The molecule has 4 heteroatoms. The van der Waals surface area contributed by atoms with Gasteiger partial charge in [0.15, 0.2) is 0 Å². The van der Waals surface area contributed by atoms with Gasteiger partial charge in [0.25, 0.3) is 0 Å². The molecule has 0 aromatic heterocycles. The van der Waals surface area contributed by atoms with Crippen molar-refractivity contribution >= 4 is 33.4 Å². The minimum atomic E-state index is 0.0135. The molecule has 1 rings (SSSR count). The number of alkyl halides is 1. The number of hydrogen-bond acceptors (Lipinski definition) is 1. The monoisotopic (exact) mass is 303 g/mol. The summed E-state index contributed by atoms with van der Waals surface area (Å²) in [6.07, 6.45) is 1.22. The third-order valence-electron chi connectivity index (χ3n) is 2.18. The fraction of sp³-hybridized carbons (Fsp3) is 0.417. The first-order valence-electron chi connectivity index (χ1n) is 5.21. The Hall–Kier alpha value is -0.540. The molecule has 0 aliphatic carbocycles. The van der Waals surface area contributed by atoms with E-state index in [-0.39, 0.29) is 11.9 Å². The topological polar surface area (TPSA) is 29.1 Å². The van der Waals surface area contributed by atoms with E-state index in [4.69, 9.17) is 11.6 Å². The van der Waals surface area contributed by atoms with Crippen LogP contribution in [0.1, 0.15) is 18.9 Å². The van der Waals surface area contributed by atoms with Crippen LogP contribution in [0.2, 0.25) is 0 Å². The fourth-order valence-corrected chi connectivity index (χ4v) is 1.89. The lowest BCUT2D eigenvalue weighted by Crippen LogP contribution is -2.34. The van der Waals surface area contributed by atoms with Crippen LogP contribution < -0.4 is 5.32 Å². The van der Waals surface area contributed by atoms with Crippen LogP contribution in [0.4, 0.5) is 0 Å². The molecule has 0 aliphatic heterocycles. The van der Waals surface area contributed by atoms with Crippen LogP contribution in [0.5, 0.6) is 0 Å². The second-order valence-electron chi connectivity index (χ2n) is 3.74. The van der Waals surface area contributed by atoms with Gasteiger partial charge in [0.05, 0.1) is 0 Å². The highest BCUT2D eigenvalue weighted by molar-refractivity contribution is 9.10. The SMILES string of the molecule is CC(Cc1ccc(Br)cc1)NC(=O)CCCl. The first-order chi connectivity index (χ1) is 7.61.